The molecule has 158 valence electrons. The predicted octanol–water partition coefficient (Wildman–Crippen LogP) is 4.60. The summed E-state index contributed by atoms with van der Waals surface area (Å²) in [5.74, 6) is 0.0888. The lowest BCUT2D eigenvalue weighted by Gasteiger charge is -2.33. The number of rotatable bonds is 3. The van der Waals surface area contributed by atoms with Crippen LogP contribution in [-0.4, -0.2) is 37.3 Å². The SMILES string of the molecule is O=C(c1cnc(-c2ccc(F)cn2)s1)N1CCc2[nH]cnc2[C@H]1c1cc2ccccc2o1. The Hall–Kier alpha value is -3.85. The summed E-state index contributed by atoms with van der Waals surface area (Å²) in [6.45, 7) is 0.512. The highest BCUT2D eigenvalue weighted by atomic mass is 32.1. The lowest BCUT2D eigenvalue weighted by Crippen LogP contribution is -2.40. The number of nitrogens with one attached hydrogen (secondary N) is 1. The second-order valence-electron chi connectivity index (χ2n) is 7.50. The Morgan fingerprint density at radius 3 is 2.91 bits per heavy atom. The number of carbonyl (C=O) groups is 1. The number of para-hydroxylation sites is 1. The number of benzene rings is 1. The van der Waals surface area contributed by atoms with Crippen LogP contribution in [0.1, 0.15) is 32.9 Å². The second kappa shape index (κ2) is 7.38. The maximum absolute atomic E-state index is 13.6. The number of thiazole rings is 1. The Balaban J connectivity index is 1.38. The Bertz CT molecular complexity index is 1410. The molecule has 1 amide bonds. The molecule has 0 radical (unpaired) electrons. The number of H-pyrrole nitrogens is 1. The number of carbonyl (C=O) groups excluding carboxylic acids is 1. The third-order valence-electron chi connectivity index (χ3n) is 5.56. The van der Waals surface area contributed by atoms with Gasteiger partial charge in [-0.15, -0.1) is 11.3 Å². The largest absolute Gasteiger partial charge is 0.458 e. The van der Waals surface area contributed by atoms with Crippen molar-refractivity contribution in [1.29, 1.82) is 0 Å². The van der Waals surface area contributed by atoms with Crippen LogP contribution in [0.3, 0.4) is 0 Å². The van der Waals surface area contributed by atoms with Crippen LogP contribution in [0.4, 0.5) is 4.39 Å². The van der Waals surface area contributed by atoms with Crippen molar-refractivity contribution in [3.63, 3.8) is 0 Å². The van der Waals surface area contributed by atoms with Crippen LogP contribution in [0.5, 0.6) is 0 Å². The Morgan fingerprint density at radius 2 is 2.06 bits per heavy atom. The van der Waals surface area contributed by atoms with E-state index >= 15 is 0 Å². The maximum Gasteiger partial charge on any atom is 0.266 e. The van der Waals surface area contributed by atoms with E-state index in [9.17, 15) is 9.18 Å². The summed E-state index contributed by atoms with van der Waals surface area (Å²) in [6, 6.07) is 12.2. The van der Waals surface area contributed by atoms with Crippen LogP contribution < -0.4 is 0 Å². The topological polar surface area (TPSA) is 87.9 Å². The van der Waals surface area contributed by atoms with Crippen LogP contribution in [0, 0.1) is 5.82 Å². The fourth-order valence-corrected chi connectivity index (χ4v) is 4.91. The molecule has 0 aliphatic carbocycles. The summed E-state index contributed by atoms with van der Waals surface area (Å²) in [4.78, 5) is 31.9. The van der Waals surface area contributed by atoms with E-state index in [2.05, 4.69) is 19.9 Å². The first kappa shape index (κ1) is 18.9. The third-order valence-corrected chi connectivity index (χ3v) is 6.57. The van der Waals surface area contributed by atoms with Crippen molar-refractivity contribution in [3.8, 4) is 10.7 Å². The molecule has 0 spiro atoms. The molecule has 1 N–H and O–H groups in total. The van der Waals surface area contributed by atoms with E-state index in [-0.39, 0.29) is 5.91 Å². The molecule has 0 bridgehead atoms. The zero-order valence-electron chi connectivity index (χ0n) is 16.7. The number of fused-ring (bicyclic) bond motifs is 2. The highest BCUT2D eigenvalue weighted by Gasteiger charge is 2.37. The Kier molecular flexibility index (Phi) is 4.36. The Morgan fingerprint density at radius 1 is 1.16 bits per heavy atom. The number of nitrogens with zero attached hydrogens (tertiary/aromatic N) is 4. The fraction of sp³-hybridized carbons (Fsp3) is 0.130. The quantitative estimate of drug-likeness (QED) is 0.438. The van der Waals surface area contributed by atoms with E-state index < -0.39 is 11.9 Å². The van der Waals surface area contributed by atoms with Gasteiger partial charge in [-0.25, -0.2) is 14.4 Å². The molecule has 7 nitrogen and oxygen atoms in total. The molecule has 5 aromatic rings. The normalized spacial score (nSPS) is 15.8. The van der Waals surface area contributed by atoms with Gasteiger partial charge in [-0.2, -0.15) is 0 Å². The monoisotopic (exact) mass is 445 g/mol. The molecule has 32 heavy (non-hydrogen) atoms. The highest BCUT2D eigenvalue weighted by molar-refractivity contribution is 7.16. The number of aromatic amines is 1. The first-order valence-electron chi connectivity index (χ1n) is 10.1. The van der Waals surface area contributed by atoms with Crippen molar-refractivity contribution in [2.45, 2.75) is 12.5 Å². The molecule has 9 heteroatoms. The minimum atomic E-state index is -0.445. The van der Waals surface area contributed by atoms with E-state index in [0.717, 1.165) is 28.6 Å². The number of halogens is 1. The van der Waals surface area contributed by atoms with Gasteiger partial charge in [-0.3, -0.25) is 9.78 Å². The lowest BCUT2D eigenvalue weighted by atomic mass is 10.00. The van der Waals surface area contributed by atoms with Crippen molar-refractivity contribution in [2.75, 3.05) is 6.54 Å². The van der Waals surface area contributed by atoms with Gasteiger partial charge >= 0.3 is 0 Å². The van der Waals surface area contributed by atoms with Gasteiger partial charge in [-0.1, -0.05) is 18.2 Å². The van der Waals surface area contributed by atoms with Crippen molar-refractivity contribution in [2.24, 2.45) is 0 Å². The second-order valence-corrected chi connectivity index (χ2v) is 8.53. The molecule has 4 aromatic heterocycles. The zero-order chi connectivity index (χ0) is 21.7. The number of hydrogen-bond acceptors (Lipinski definition) is 6. The Labute approximate surface area is 185 Å². The van der Waals surface area contributed by atoms with Gasteiger partial charge in [0, 0.05) is 24.0 Å². The molecule has 5 heterocycles. The van der Waals surface area contributed by atoms with Gasteiger partial charge in [0.15, 0.2) is 0 Å². The average Bonchev–Trinajstić information content (AvgIpc) is 3.57. The van der Waals surface area contributed by atoms with Gasteiger partial charge in [0.1, 0.15) is 33.1 Å². The van der Waals surface area contributed by atoms with E-state index in [1.807, 2.05) is 30.3 Å². The standard InChI is InChI=1S/C23H16FN5O2S/c24-14-5-6-16(25-10-14)22-26-11-19(32-22)23(30)29-8-7-15-20(28-12-27-15)21(29)18-9-13-3-1-2-4-17(13)31-18/h1-6,9-12,21H,7-8H2,(H,27,28)/t21-/m1/s1. The molecular weight excluding hydrogens is 429 g/mol. The first-order valence-corrected chi connectivity index (χ1v) is 10.9. The van der Waals surface area contributed by atoms with Crippen molar-refractivity contribution < 1.29 is 13.6 Å². The molecule has 6 rings (SSSR count). The van der Waals surface area contributed by atoms with Crippen LogP contribution in [0.15, 0.2) is 65.6 Å². The molecule has 0 saturated heterocycles. The molecule has 0 unspecified atom stereocenters. The highest BCUT2D eigenvalue weighted by Crippen LogP contribution is 2.38. The number of amides is 1. The minimum Gasteiger partial charge on any atom is -0.458 e. The molecule has 1 atom stereocenters. The van der Waals surface area contributed by atoms with E-state index in [4.69, 9.17) is 4.42 Å². The smallest absolute Gasteiger partial charge is 0.266 e. The number of hydrogen-bond donors (Lipinski definition) is 1. The van der Waals surface area contributed by atoms with Gasteiger partial charge in [-0.05, 0) is 24.3 Å². The average molecular weight is 445 g/mol. The number of furan rings is 1. The van der Waals surface area contributed by atoms with E-state index in [0.29, 0.717) is 34.3 Å². The summed E-state index contributed by atoms with van der Waals surface area (Å²) in [5, 5.41) is 1.53. The van der Waals surface area contributed by atoms with Gasteiger partial charge < -0.3 is 14.3 Å². The van der Waals surface area contributed by atoms with Crippen molar-refractivity contribution in [1.82, 2.24) is 24.8 Å². The fourth-order valence-electron chi connectivity index (χ4n) is 4.06. The van der Waals surface area contributed by atoms with Crippen LogP contribution in [-0.2, 0) is 6.42 Å². The molecular formula is C23H16FN5O2S. The molecule has 1 aliphatic rings. The lowest BCUT2D eigenvalue weighted by molar-refractivity contribution is 0.0677. The minimum absolute atomic E-state index is 0.157. The molecule has 0 saturated carbocycles. The van der Waals surface area contributed by atoms with Gasteiger partial charge in [0.2, 0.25) is 0 Å². The van der Waals surface area contributed by atoms with Crippen molar-refractivity contribution in [3.05, 3.63) is 89.0 Å². The summed E-state index contributed by atoms with van der Waals surface area (Å²) >= 11 is 1.23. The summed E-state index contributed by atoms with van der Waals surface area (Å²) < 4.78 is 19.3. The summed E-state index contributed by atoms with van der Waals surface area (Å²) in [5.41, 5.74) is 3.08. The predicted molar refractivity (Wildman–Crippen MR) is 117 cm³/mol. The van der Waals surface area contributed by atoms with E-state index in [1.165, 1.54) is 17.4 Å². The van der Waals surface area contributed by atoms with Crippen LogP contribution >= 0.6 is 11.3 Å². The molecule has 1 aromatic carbocycles. The number of pyridine rings is 1. The number of imidazole rings is 1. The zero-order valence-corrected chi connectivity index (χ0v) is 17.5. The molecule has 0 fully saturated rings. The van der Waals surface area contributed by atoms with Crippen LogP contribution in [0.25, 0.3) is 21.7 Å². The van der Waals surface area contributed by atoms with Gasteiger partial charge in [0.05, 0.1) is 30.1 Å². The number of aromatic nitrogens is 4. The molecule has 1 aliphatic heterocycles. The van der Waals surface area contributed by atoms with Gasteiger partial charge in [0.25, 0.3) is 5.91 Å². The van der Waals surface area contributed by atoms with Crippen molar-refractivity contribution >= 4 is 28.2 Å². The first-order chi connectivity index (χ1) is 15.7. The summed E-state index contributed by atoms with van der Waals surface area (Å²) in [6.07, 6.45) is 5.00. The van der Waals surface area contributed by atoms with Crippen LogP contribution in [0.2, 0.25) is 0 Å². The summed E-state index contributed by atoms with van der Waals surface area (Å²) in [7, 11) is 0. The maximum atomic E-state index is 13.6. The van der Waals surface area contributed by atoms with E-state index in [1.54, 1.807) is 23.5 Å². The third kappa shape index (κ3) is 3.09.